The minimum Gasteiger partial charge on any atom is -0.497 e. The predicted molar refractivity (Wildman–Crippen MR) is 84.1 cm³/mol. The molecule has 112 valence electrons. The fourth-order valence-corrected chi connectivity index (χ4v) is 2.32. The number of benzene rings is 2. The number of rotatable bonds is 5. The molecule has 2 N–H and O–H groups in total. The van der Waals surface area contributed by atoms with Crippen LogP contribution < -0.4 is 4.74 Å². The first kappa shape index (κ1) is 14.6. The second kappa shape index (κ2) is 6.17. The largest absolute Gasteiger partial charge is 0.497 e. The lowest BCUT2D eigenvalue weighted by atomic mass is 9.83. The van der Waals surface area contributed by atoms with Gasteiger partial charge in [-0.25, -0.2) is 4.68 Å². The lowest BCUT2D eigenvalue weighted by molar-refractivity contribution is 0.405. The number of hydrogen-bond donors (Lipinski definition) is 2. The van der Waals surface area contributed by atoms with Gasteiger partial charge in [0.1, 0.15) is 11.3 Å². The Labute approximate surface area is 128 Å². The second-order valence-electron chi connectivity index (χ2n) is 5.04. The zero-order valence-corrected chi connectivity index (χ0v) is 12.2. The molecule has 0 radical (unpaired) electrons. The summed E-state index contributed by atoms with van der Waals surface area (Å²) in [6.07, 6.45) is 0.943. The van der Waals surface area contributed by atoms with E-state index in [-0.39, 0.29) is 0 Å². The number of aryl methyl sites for hydroxylation is 1. The molecule has 0 aliphatic rings. The zero-order valence-electron chi connectivity index (χ0n) is 12.2. The summed E-state index contributed by atoms with van der Waals surface area (Å²) in [5.74, 6) is 0.748. The van der Waals surface area contributed by atoms with E-state index in [1.807, 2.05) is 42.5 Å². The highest BCUT2D eigenvalue weighted by Gasteiger charge is 2.09. The molecule has 3 aromatic rings. The molecule has 0 aliphatic carbocycles. The van der Waals surface area contributed by atoms with Gasteiger partial charge in [0.25, 0.3) is 0 Å². The monoisotopic (exact) mass is 297 g/mol. The van der Waals surface area contributed by atoms with Crippen LogP contribution in [0.4, 0.5) is 0 Å². The van der Waals surface area contributed by atoms with Crippen molar-refractivity contribution in [3.63, 3.8) is 0 Å². The van der Waals surface area contributed by atoms with E-state index in [1.54, 1.807) is 11.8 Å². The lowest BCUT2D eigenvalue weighted by Gasteiger charge is -2.05. The second-order valence-corrected chi connectivity index (χ2v) is 5.04. The van der Waals surface area contributed by atoms with Crippen molar-refractivity contribution in [3.05, 3.63) is 48.0 Å². The molecule has 0 aliphatic heterocycles. The summed E-state index contributed by atoms with van der Waals surface area (Å²) >= 11 is 0. The first-order valence-electron chi connectivity index (χ1n) is 7.02. The molecule has 0 saturated heterocycles. The van der Waals surface area contributed by atoms with Gasteiger partial charge >= 0.3 is 7.12 Å². The van der Waals surface area contributed by atoms with E-state index in [9.17, 15) is 0 Å². The van der Waals surface area contributed by atoms with Gasteiger partial charge in [0, 0.05) is 6.07 Å². The summed E-state index contributed by atoms with van der Waals surface area (Å²) in [5.41, 5.74) is 3.62. The number of fused-ring (bicyclic) bond motifs is 1. The minimum absolute atomic E-state index is 0.325. The molecule has 0 unspecified atom stereocenters. The van der Waals surface area contributed by atoms with Gasteiger partial charge < -0.3 is 14.8 Å². The van der Waals surface area contributed by atoms with Crippen LogP contribution in [0.2, 0.25) is 6.32 Å². The first-order chi connectivity index (χ1) is 10.7. The highest BCUT2D eigenvalue weighted by molar-refractivity contribution is 6.40. The van der Waals surface area contributed by atoms with Gasteiger partial charge in [-0.05, 0) is 42.6 Å². The standard InChI is InChI=1S/C15H16BN3O3/c1-22-13-6-7-15-14(10-13)17-18-19(15)12-4-2-11(3-5-12)8-9-16(20)21/h2-7,10,20-21H,8-9H2,1H3. The summed E-state index contributed by atoms with van der Waals surface area (Å²) < 4.78 is 6.94. The van der Waals surface area contributed by atoms with Crippen molar-refractivity contribution in [2.24, 2.45) is 0 Å². The fraction of sp³-hybridized carbons (Fsp3) is 0.200. The number of ether oxygens (including phenoxy) is 1. The third-order valence-corrected chi connectivity index (χ3v) is 3.52. The van der Waals surface area contributed by atoms with E-state index in [2.05, 4.69) is 10.3 Å². The Balaban J connectivity index is 1.87. The van der Waals surface area contributed by atoms with Crippen LogP contribution in [0.15, 0.2) is 42.5 Å². The summed E-state index contributed by atoms with van der Waals surface area (Å²) in [4.78, 5) is 0. The topological polar surface area (TPSA) is 80.4 Å². The molecule has 6 nitrogen and oxygen atoms in total. The molecule has 0 atom stereocenters. The van der Waals surface area contributed by atoms with Crippen LogP contribution in [0.3, 0.4) is 0 Å². The molecule has 22 heavy (non-hydrogen) atoms. The molecule has 0 spiro atoms. The molecule has 2 aromatic carbocycles. The maximum Gasteiger partial charge on any atom is 0.451 e. The van der Waals surface area contributed by atoms with Crippen molar-refractivity contribution >= 4 is 18.2 Å². The van der Waals surface area contributed by atoms with Gasteiger partial charge in [0.15, 0.2) is 0 Å². The third-order valence-electron chi connectivity index (χ3n) is 3.52. The van der Waals surface area contributed by atoms with Gasteiger partial charge in [0.2, 0.25) is 0 Å². The number of methoxy groups -OCH3 is 1. The van der Waals surface area contributed by atoms with E-state index < -0.39 is 7.12 Å². The van der Waals surface area contributed by atoms with Crippen LogP contribution in [-0.2, 0) is 6.42 Å². The van der Waals surface area contributed by atoms with E-state index in [0.29, 0.717) is 12.7 Å². The summed E-state index contributed by atoms with van der Waals surface area (Å²) in [7, 11) is 0.349. The van der Waals surface area contributed by atoms with Crippen LogP contribution >= 0.6 is 0 Å². The van der Waals surface area contributed by atoms with Crippen molar-refractivity contribution in [2.45, 2.75) is 12.7 Å². The number of nitrogens with zero attached hydrogens (tertiary/aromatic N) is 3. The van der Waals surface area contributed by atoms with E-state index in [1.165, 1.54) is 0 Å². The van der Waals surface area contributed by atoms with Crippen LogP contribution in [0, 0.1) is 0 Å². The van der Waals surface area contributed by atoms with Crippen molar-refractivity contribution in [2.75, 3.05) is 7.11 Å². The van der Waals surface area contributed by atoms with Gasteiger partial charge in [-0.15, -0.1) is 5.10 Å². The summed E-state index contributed by atoms with van der Waals surface area (Å²) in [6.45, 7) is 0. The maximum atomic E-state index is 8.90. The zero-order chi connectivity index (χ0) is 15.5. The number of aromatic nitrogens is 3. The molecule has 1 aromatic heterocycles. The van der Waals surface area contributed by atoms with Crippen molar-refractivity contribution < 1.29 is 14.8 Å². The summed E-state index contributed by atoms with van der Waals surface area (Å²) in [6, 6.07) is 13.4. The Bertz CT molecular complexity index is 771. The van der Waals surface area contributed by atoms with E-state index in [4.69, 9.17) is 14.8 Å². The van der Waals surface area contributed by atoms with Crippen LogP contribution in [-0.4, -0.2) is 39.3 Å². The van der Waals surface area contributed by atoms with Crippen LogP contribution in [0.5, 0.6) is 5.75 Å². The van der Waals surface area contributed by atoms with Gasteiger partial charge in [0.05, 0.1) is 18.3 Å². The molecule has 1 heterocycles. The molecule has 0 fully saturated rings. The molecule has 7 heteroatoms. The quantitative estimate of drug-likeness (QED) is 0.697. The van der Waals surface area contributed by atoms with Gasteiger partial charge in [-0.2, -0.15) is 0 Å². The molecular formula is C15H16BN3O3. The molecule has 0 amide bonds. The highest BCUT2D eigenvalue weighted by atomic mass is 16.5. The molecule has 0 bridgehead atoms. The first-order valence-corrected chi connectivity index (χ1v) is 7.02. The van der Waals surface area contributed by atoms with Crippen molar-refractivity contribution in [1.29, 1.82) is 0 Å². The third kappa shape index (κ3) is 2.95. The Morgan fingerprint density at radius 3 is 2.59 bits per heavy atom. The molecule has 3 rings (SSSR count). The molecule has 0 saturated carbocycles. The van der Waals surface area contributed by atoms with Crippen molar-refractivity contribution in [1.82, 2.24) is 15.0 Å². The highest BCUT2D eigenvalue weighted by Crippen LogP contribution is 2.21. The maximum absolute atomic E-state index is 8.90. The Hall–Kier alpha value is -2.38. The lowest BCUT2D eigenvalue weighted by Crippen LogP contribution is -2.11. The normalized spacial score (nSPS) is 10.9. The SMILES string of the molecule is COc1ccc2c(c1)nnn2-c1ccc(CCB(O)O)cc1. The Morgan fingerprint density at radius 2 is 1.91 bits per heavy atom. The fourth-order valence-electron chi connectivity index (χ4n) is 2.32. The average Bonchev–Trinajstić information content (AvgIpc) is 2.96. The predicted octanol–water partition coefficient (Wildman–Crippen LogP) is 1.44. The van der Waals surface area contributed by atoms with Crippen LogP contribution in [0.1, 0.15) is 5.56 Å². The number of hydrogen-bond acceptors (Lipinski definition) is 5. The van der Waals surface area contributed by atoms with Crippen molar-refractivity contribution in [3.8, 4) is 11.4 Å². The molecular weight excluding hydrogens is 281 g/mol. The minimum atomic E-state index is -1.27. The van der Waals surface area contributed by atoms with Crippen LogP contribution in [0.25, 0.3) is 16.7 Å². The van der Waals surface area contributed by atoms with Gasteiger partial charge in [-0.1, -0.05) is 17.3 Å². The average molecular weight is 297 g/mol. The Morgan fingerprint density at radius 1 is 1.14 bits per heavy atom. The van der Waals surface area contributed by atoms with E-state index in [0.717, 1.165) is 28.0 Å². The Kier molecular flexibility index (Phi) is 4.08. The van der Waals surface area contributed by atoms with Gasteiger partial charge in [-0.3, -0.25) is 0 Å². The smallest absolute Gasteiger partial charge is 0.451 e. The summed E-state index contributed by atoms with van der Waals surface area (Å²) in [5, 5.41) is 26.1. The van der Waals surface area contributed by atoms with E-state index >= 15 is 0 Å².